The van der Waals surface area contributed by atoms with E-state index in [1.165, 1.54) is 12.1 Å². The Morgan fingerprint density at radius 1 is 1.12 bits per heavy atom. The van der Waals surface area contributed by atoms with Gasteiger partial charge in [0.25, 0.3) is 10.9 Å². The number of morpholine rings is 1. The standard InChI is InChI=1S/C24H23N5O5/c30-16-3-1-2-14(10-16)18(12-20(31)29-6-8-34-9-7-29)28-22-21(23(32)24(22)33)27-15-4-5-17-19(11-15)26-13-25-17/h1-5,10-11,13,18,27-28,30H,6-9,12H2,(H,25,26). The molecule has 1 fully saturated rings. The van der Waals surface area contributed by atoms with Crippen LogP contribution in [-0.4, -0.2) is 52.2 Å². The van der Waals surface area contributed by atoms with E-state index >= 15 is 0 Å². The Morgan fingerprint density at radius 3 is 2.71 bits per heavy atom. The molecule has 1 aliphatic rings. The highest BCUT2D eigenvalue weighted by molar-refractivity contribution is 5.84. The highest BCUT2D eigenvalue weighted by Gasteiger charge is 2.27. The van der Waals surface area contributed by atoms with Crippen LogP contribution in [0.25, 0.3) is 11.0 Å². The number of aromatic amines is 1. The van der Waals surface area contributed by atoms with Gasteiger partial charge in [0.15, 0.2) is 0 Å². The molecule has 4 N–H and O–H groups in total. The van der Waals surface area contributed by atoms with Crippen molar-refractivity contribution in [3.63, 3.8) is 0 Å². The number of hydrogen-bond donors (Lipinski definition) is 4. The lowest BCUT2D eigenvalue weighted by molar-refractivity contribution is -0.135. The van der Waals surface area contributed by atoms with Crippen molar-refractivity contribution >= 4 is 34.0 Å². The number of benzene rings is 2. The molecule has 1 aliphatic heterocycles. The van der Waals surface area contributed by atoms with Gasteiger partial charge in [0.2, 0.25) is 5.91 Å². The van der Waals surface area contributed by atoms with Crippen molar-refractivity contribution < 1.29 is 14.6 Å². The fourth-order valence-electron chi connectivity index (χ4n) is 4.09. The number of phenols is 1. The van der Waals surface area contributed by atoms with Crippen LogP contribution in [-0.2, 0) is 9.53 Å². The fraction of sp³-hybridized carbons (Fsp3) is 0.250. The van der Waals surface area contributed by atoms with Crippen molar-refractivity contribution in [2.45, 2.75) is 12.5 Å². The normalized spacial score (nSPS) is 14.9. The van der Waals surface area contributed by atoms with E-state index < -0.39 is 16.9 Å². The van der Waals surface area contributed by atoms with Gasteiger partial charge in [0, 0.05) is 18.8 Å². The lowest BCUT2D eigenvalue weighted by atomic mass is 10.0. The maximum Gasteiger partial charge on any atom is 0.253 e. The average Bonchev–Trinajstić information content (AvgIpc) is 3.33. The number of ether oxygens (including phenoxy) is 1. The number of carbonyl (C=O) groups is 1. The van der Waals surface area contributed by atoms with E-state index in [1.54, 1.807) is 41.6 Å². The third-order valence-electron chi connectivity index (χ3n) is 5.93. The van der Waals surface area contributed by atoms with Crippen LogP contribution >= 0.6 is 0 Å². The number of phenolic OH excluding ortho intramolecular Hbond substituents is 1. The van der Waals surface area contributed by atoms with Gasteiger partial charge in [0.1, 0.15) is 17.1 Å². The molecule has 1 saturated heterocycles. The Labute approximate surface area is 193 Å². The summed E-state index contributed by atoms with van der Waals surface area (Å²) in [7, 11) is 0. The molecule has 10 nitrogen and oxygen atoms in total. The number of aromatic nitrogens is 2. The lowest BCUT2D eigenvalue weighted by Crippen LogP contribution is -2.42. The summed E-state index contributed by atoms with van der Waals surface area (Å²) in [5.74, 6) is -0.0682. The molecule has 0 aliphatic carbocycles. The third-order valence-corrected chi connectivity index (χ3v) is 5.93. The molecule has 1 unspecified atom stereocenters. The number of H-pyrrole nitrogens is 1. The Bertz CT molecular complexity index is 1420. The largest absolute Gasteiger partial charge is 0.508 e. The fourth-order valence-corrected chi connectivity index (χ4v) is 4.09. The minimum atomic E-state index is -0.658. The second-order valence-corrected chi connectivity index (χ2v) is 8.16. The van der Waals surface area contributed by atoms with Gasteiger partial charge in [-0.15, -0.1) is 0 Å². The molecule has 1 amide bonds. The number of rotatable bonds is 7. The van der Waals surface area contributed by atoms with Crippen LogP contribution < -0.4 is 21.5 Å². The Hall–Kier alpha value is -4.18. The number of fused-ring (bicyclic) bond motifs is 1. The molecule has 1 aromatic heterocycles. The monoisotopic (exact) mass is 461 g/mol. The van der Waals surface area contributed by atoms with Crippen molar-refractivity contribution in [1.29, 1.82) is 0 Å². The zero-order chi connectivity index (χ0) is 23.7. The highest BCUT2D eigenvalue weighted by Crippen LogP contribution is 2.30. The van der Waals surface area contributed by atoms with Crippen LogP contribution in [0.3, 0.4) is 0 Å². The molecule has 5 rings (SSSR count). The molecule has 0 saturated carbocycles. The van der Waals surface area contributed by atoms with Crippen LogP contribution in [0.5, 0.6) is 5.75 Å². The molecule has 0 spiro atoms. The molecule has 4 aromatic rings. The molecule has 174 valence electrons. The second-order valence-electron chi connectivity index (χ2n) is 8.16. The van der Waals surface area contributed by atoms with Crippen molar-refractivity contribution in [2.24, 2.45) is 0 Å². The number of amides is 1. The van der Waals surface area contributed by atoms with Gasteiger partial charge in [-0.05, 0) is 35.9 Å². The summed E-state index contributed by atoms with van der Waals surface area (Å²) in [5.41, 5.74) is 1.75. The number of imidazole rings is 1. The number of carbonyl (C=O) groups excluding carboxylic acids is 1. The molecule has 3 aromatic carbocycles. The predicted octanol–water partition coefficient (Wildman–Crippen LogP) is 2.01. The van der Waals surface area contributed by atoms with E-state index in [4.69, 9.17) is 4.74 Å². The summed E-state index contributed by atoms with van der Waals surface area (Å²) in [6, 6.07) is 11.2. The zero-order valence-corrected chi connectivity index (χ0v) is 18.2. The van der Waals surface area contributed by atoms with Crippen molar-refractivity contribution in [3.8, 4) is 5.75 Å². The zero-order valence-electron chi connectivity index (χ0n) is 18.2. The van der Waals surface area contributed by atoms with Crippen LogP contribution in [0.2, 0.25) is 0 Å². The Kier molecular flexibility index (Phi) is 5.72. The molecule has 2 heterocycles. The number of hydrogen-bond acceptors (Lipinski definition) is 8. The maximum atomic E-state index is 12.9. The van der Waals surface area contributed by atoms with Gasteiger partial charge >= 0.3 is 0 Å². The third kappa shape index (κ3) is 4.23. The number of aromatic hydroxyl groups is 1. The van der Waals surface area contributed by atoms with E-state index in [1.807, 2.05) is 0 Å². The van der Waals surface area contributed by atoms with Gasteiger partial charge in [-0.1, -0.05) is 12.1 Å². The van der Waals surface area contributed by atoms with Gasteiger partial charge < -0.3 is 30.4 Å². The maximum absolute atomic E-state index is 12.9. The van der Waals surface area contributed by atoms with E-state index in [0.29, 0.717) is 37.6 Å². The molecule has 1 atom stereocenters. The topological polar surface area (TPSA) is 137 Å². The first kappa shape index (κ1) is 21.7. The van der Waals surface area contributed by atoms with E-state index in [0.717, 1.165) is 11.0 Å². The molecular formula is C24H23N5O5. The van der Waals surface area contributed by atoms with E-state index in [9.17, 15) is 19.5 Å². The number of nitrogens with one attached hydrogen (secondary N) is 3. The van der Waals surface area contributed by atoms with Gasteiger partial charge in [-0.2, -0.15) is 0 Å². The van der Waals surface area contributed by atoms with Crippen LogP contribution in [0, 0.1) is 0 Å². The van der Waals surface area contributed by atoms with Gasteiger partial charge in [-0.3, -0.25) is 14.4 Å². The van der Waals surface area contributed by atoms with E-state index in [-0.39, 0.29) is 29.5 Å². The smallest absolute Gasteiger partial charge is 0.253 e. The minimum Gasteiger partial charge on any atom is -0.508 e. The first-order chi connectivity index (χ1) is 16.5. The molecule has 34 heavy (non-hydrogen) atoms. The average molecular weight is 461 g/mol. The van der Waals surface area contributed by atoms with Crippen LogP contribution in [0.4, 0.5) is 17.1 Å². The number of anilines is 3. The molecule has 0 bridgehead atoms. The second kappa shape index (κ2) is 8.99. The predicted molar refractivity (Wildman–Crippen MR) is 127 cm³/mol. The minimum absolute atomic E-state index is 0.0410. The summed E-state index contributed by atoms with van der Waals surface area (Å²) < 4.78 is 5.32. The summed E-state index contributed by atoms with van der Waals surface area (Å²) >= 11 is 0. The van der Waals surface area contributed by atoms with Crippen molar-refractivity contribution in [2.75, 3.05) is 36.9 Å². The first-order valence-electron chi connectivity index (χ1n) is 10.9. The Morgan fingerprint density at radius 2 is 1.91 bits per heavy atom. The Balaban J connectivity index is 1.41. The number of nitrogens with zero attached hydrogens (tertiary/aromatic N) is 2. The SMILES string of the molecule is O=C(CC(Nc1c(Nc2ccc3nc[nH]c3c2)c(=O)c1=O)c1cccc(O)c1)N1CCOCC1. The van der Waals surface area contributed by atoms with Gasteiger partial charge in [0.05, 0.1) is 43.0 Å². The van der Waals surface area contributed by atoms with Crippen molar-refractivity contribution in [1.82, 2.24) is 14.9 Å². The van der Waals surface area contributed by atoms with Crippen molar-refractivity contribution in [3.05, 3.63) is 74.8 Å². The summed E-state index contributed by atoms with van der Waals surface area (Å²) in [6.07, 6.45) is 1.62. The quantitative estimate of drug-likeness (QED) is 0.307. The molecular weight excluding hydrogens is 438 g/mol. The summed E-state index contributed by atoms with van der Waals surface area (Å²) in [5, 5.41) is 16.1. The molecule has 10 heteroatoms. The first-order valence-corrected chi connectivity index (χ1v) is 10.9. The summed E-state index contributed by atoms with van der Waals surface area (Å²) in [4.78, 5) is 46.7. The van der Waals surface area contributed by atoms with Crippen LogP contribution in [0.15, 0.2) is 58.4 Å². The van der Waals surface area contributed by atoms with Crippen LogP contribution in [0.1, 0.15) is 18.0 Å². The van der Waals surface area contributed by atoms with Gasteiger partial charge in [-0.25, -0.2) is 4.98 Å². The highest BCUT2D eigenvalue weighted by atomic mass is 16.5. The summed E-state index contributed by atoms with van der Waals surface area (Å²) in [6.45, 7) is 1.94. The van der Waals surface area contributed by atoms with E-state index in [2.05, 4.69) is 20.6 Å². The lowest BCUT2D eigenvalue weighted by Gasteiger charge is -2.29. The molecule has 0 radical (unpaired) electrons.